The van der Waals surface area contributed by atoms with Crippen LogP contribution in [0.5, 0.6) is 0 Å². The van der Waals surface area contributed by atoms with E-state index in [1.54, 1.807) is 0 Å². The first-order valence-electron chi connectivity index (χ1n) is 8.70. The highest BCUT2D eigenvalue weighted by atomic mass is 16.4. The van der Waals surface area contributed by atoms with E-state index in [4.69, 9.17) is 5.11 Å². The van der Waals surface area contributed by atoms with Crippen LogP contribution >= 0.6 is 0 Å². The monoisotopic (exact) mass is 320 g/mol. The van der Waals surface area contributed by atoms with Gasteiger partial charge in [0.05, 0.1) is 6.10 Å². The van der Waals surface area contributed by atoms with Gasteiger partial charge in [-0.2, -0.15) is 0 Å². The molecule has 0 aliphatic rings. The van der Waals surface area contributed by atoms with E-state index in [9.17, 15) is 9.90 Å². The minimum Gasteiger partial charge on any atom is -0.481 e. The molecule has 0 saturated heterocycles. The van der Waals surface area contributed by atoms with Crippen LogP contribution in [-0.2, 0) is 4.79 Å². The van der Waals surface area contributed by atoms with Crippen molar-refractivity contribution in [3.05, 3.63) is 48.6 Å². The van der Waals surface area contributed by atoms with Crippen LogP contribution in [0.2, 0.25) is 0 Å². The fraction of sp³-hybridized carbons (Fsp3) is 0.550. The lowest BCUT2D eigenvalue weighted by molar-refractivity contribution is -0.137. The van der Waals surface area contributed by atoms with E-state index in [1.807, 2.05) is 42.5 Å². The van der Waals surface area contributed by atoms with E-state index in [2.05, 4.69) is 13.0 Å². The van der Waals surface area contributed by atoms with Gasteiger partial charge in [0.2, 0.25) is 0 Å². The fourth-order valence-electron chi connectivity index (χ4n) is 1.95. The smallest absolute Gasteiger partial charge is 0.303 e. The first kappa shape index (κ1) is 21.4. The topological polar surface area (TPSA) is 57.5 Å². The maximum Gasteiger partial charge on any atom is 0.303 e. The van der Waals surface area contributed by atoms with Crippen LogP contribution in [0.25, 0.3) is 0 Å². The van der Waals surface area contributed by atoms with Crippen molar-refractivity contribution in [1.29, 1.82) is 0 Å². The molecule has 0 saturated carbocycles. The molecule has 0 aromatic heterocycles. The third-order valence-electron chi connectivity index (χ3n) is 3.30. The highest BCUT2D eigenvalue weighted by Gasteiger charge is 1.93. The predicted octanol–water partition coefficient (Wildman–Crippen LogP) is 5.19. The molecule has 3 nitrogen and oxygen atoms in total. The normalized spacial score (nSPS) is 13.8. The maximum atomic E-state index is 10.3. The SMILES string of the molecule is CCCCCC=CC=C[C@H](O)CC=CCC=CCCCC(=O)O. The molecule has 0 aromatic rings. The second-order valence-electron chi connectivity index (χ2n) is 5.58. The summed E-state index contributed by atoms with van der Waals surface area (Å²) in [6, 6.07) is 0. The van der Waals surface area contributed by atoms with Crippen molar-refractivity contribution in [1.82, 2.24) is 0 Å². The number of aliphatic hydroxyl groups excluding tert-OH is 1. The van der Waals surface area contributed by atoms with Crippen molar-refractivity contribution >= 4 is 5.97 Å². The average molecular weight is 320 g/mol. The second kappa shape index (κ2) is 16.8. The largest absolute Gasteiger partial charge is 0.481 e. The Balaban J connectivity index is 3.61. The van der Waals surface area contributed by atoms with Gasteiger partial charge in [-0.15, -0.1) is 0 Å². The molecule has 2 N–H and O–H groups in total. The maximum absolute atomic E-state index is 10.3. The second-order valence-corrected chi connectivity index (χ2v) is 5.58. The number of hydrogen-bond donors (Lipinski definition) is 2. The fourth-order valence-corrected chi connectivity index (χ4v) is 1.95. The number of aliphatic hydroxyl groups is 1. The van der Waals surface area contributed by atoms with Gasteiger partial charge in [-0.25, -0.2) is 0 Å². The zero-order chi connectivity index (χ0) is 17.2. The van der Waals surface area contributed by atoms with E-state index in [1.165, 1.54) is 19.3 Å². The zero-order valence-corrected chi connectivity index (χ0v) is 14.4. The first-order valence-corrected chi connectivity index (χ1v) is 8.70. The van der Waals surface area contributed by atoms with E-state index in [0.29, 0.717) is 12.8 Å². The number of aliphatic carboxylic acids is 1. The molecule has 23 heavy (non-hydrogen) atoms. The van der Waals surface area contributed by atoms with E-state index >= 15 is 0 Å². The molecule has 0 heterocycles. The Kier molecular flexibility index (Phi) is 15.6. The zero-order valence-electron chi connectivity index (χ0n) is 14.4. The van der Waals surface area contributed by atoms with Gasteiger partial charge in [0.15, 0.2) is 0 Å². The summed E-state index contributed by atoms with van der Waals surface area (Å²) in [6.45, 7) is 2.20. The minimum absolute atomic E-state index is 0.228. The van der Waals surface area contributed by atoms with E-state index in [0.717, 1.165) is 19.3 Å². The molecule has 130 valence electrons. The highest BCUT2D eigenvalue weighted by molar-refractivity contribution is 5.66. The third-order valence-corrected chi connectivity index (χ3v) is 3.30. The summed E-state index contributed by atoms with van der Waals surface area (Å²) in [7, 11) is 0. The molecule has 0 fully saturated rings. The molecule has 3 heteroatoms. The third kappa shape index (κ3) is 18.3. The summed E-state index contributed by atoms with van der Waals surface area (Å²) in [4.78, 5) is 10.3. The van der Waals surface area contributed by atoms with Crippen LogP contribution in [0.4, 0.5) is 0 Å². The van der Waals surface area contributed by atoms with Gasteiger partial charge in [-0.1, -0.05) is 68.4 Å². The number of carboxylic acid groups (broad SMARTS) is 1. The molecule has 0 bridgehead atoms. The van der Waals surface area contributed by atoms with E-state index in [-0.39, 0.29) is 6.42 Å². The number of carboxylic acids is 1. The van der Waals surface area contributed by atoms with Gasteiger partial charge < -0.3 is 10.2 Å². The van der Waals surface area contributed by atoms with Gasteiger partial charge in [-0.3, -0.25) is 4.79 Å². The lowest BCUT2D eigenvalue weighted by Crippen LogP contribution is -1.98. The Bertz CT molecular complexity index is 392. The van der Waals surface area contributed by atoms with Crippen LogP contribution in [-0.4, -0.2) is 22.3 Å². The molecular formula is C20H32O3. The van der Waals surface area contributed by atoms with Gasteiger partial charge in [0.25, 0.3) is 0 Å². The van der Waals surface area contributed by atoms with Crippen LogP contribution < -0.4 is 0 Å². The van der Waals surface area contributed by atoms with Crippen molar-refractivity contribution in [2.45, 2.75) is 70.8 Å². The summed E-state index contributed by atoms with van der Waals surface area (Å²) >= 11 is 0. The lowest BCUT2D eigenvalue weighted by atomic mass is 10.2. The van der Waals surface area contributed by atoms with Gasteiger partial charge in [0, 0.05) is 6.42 Å². The minimum atomic E-state index is -0.740. The molecule has 0 aromatic carbocycles. The number of rotatable bonds is 14. The number of allylic oxidation sites excluding steroid dienone is 6. The number of unbranched alkanes of at least 4 members (excludes halogenated alkanes) is 4. The van der Waals surface area contributed by atoms with Crippen molar-refractivity contribution in [2.75, 3.05) is 0 Å². The van der Waals surface area contributed by atoms with Crippen LogP contribution in [0.3, 0.4) is 0 Å². The Morgan fingerprint density at radius 2 is 1.70 bits per heavy atom. The van der Waals surface area contributed by atoms with E-state index < -0.39 is 12.1 Å². The quantitative estimate of drug-likeness (QED) is 0.263. The summed E-state index contributed by atoms with van der Waals surface area (Å²) in [5.74, 6) is -0.740. The first-order chi connectivity index (χ1) is 11.2. The molecular weight excluding hydrogens is 288 g/mol. The molecule has 0 aliphatic carbocycles. The Morgan fingerprint density at radius 3 is 2.43 bits per heavy atom. The van der Waals surface area contributed by atoms with Gasteiger partial charge in [-0.05, 0) is 38.5 Å². The molecule has 0 radical (unpaired) electrons. The van der Waals surface area contributed by atoms with Crippen LogP contribution in [0.15, 0.2) is 48.6 Å². The Labute approximate surface area is 141 Å². The Hall–Kier alpha value is -1.61. The summed E-state index contributed by atoms with van der Waals surface area (Å²) in [5, 5.41) is 18.3. The summed E-state index contributed by atoms with van der Waals surface area (Å²) < 4.78 is 0. The Morgan fingerprint density at radius 1 is 0.957 bits per heavy atom. The molecule has 0 rings (SSSR count). The molecule has 0 unspecified atom stereocenters. The highest BCUT2D eigenvalue weighted by Crippen LogP contribution is 2.02. The predicted molar refractivity (Wildman–Crippen MR) is 97.4 cm³/mol. The molecule has 0 amide bonds. The van der Waals surface area contributed by atoms with Gasteiger partial charge in [0.1, 0.15) is 0 Å². The van der Waals surface area contributed by atoms with Crippen molar-refractivity contribution in [2.24, 2.45) is 0 Å². The van der Waals surface area contributed by atoms with Crippen molar-refractivity contribution in [3.63, 3.8) is 0 Å². The van der Waals surface area contributed by atoms with Crippen molar-refractivity contribution in [3.8, 4) is 0 Å². The van der Waals surface area contributed by atoms with Crippen LogP contribution in [0.1, 0.15) is 64.7 Å². The average Bonchev–Trinajstić information content (AvgIpc) is 2.52. The van der Waals surface area contributed by atoms with Crippen molar-refractivity contribution < 1.29 is 15.0 Å². The number of hydrogen-bond acceptors (Lipinski definition) is 2. The van der Waals surface area contributed by atoms with Crippen LogP contribution in [0, 0.1) is 0 Å². The standard InChI is InChI=1S/C20H32O3/c1-2-3-4-5-7-10-13-16-19(21)17-14-11-8-6-9-12-15-18-20(22)23/h6-7,9-11,13-14,16,19,21H,2-5,8,12,15,17-18H2,1H3,(H,22,23)/t19-/m0/s1. The molecule has 0 spiro atoms. The number of carbonyl (C=O) groups is 1. The summed E-state index contributed by atoms with van der Waals surface area (Å²) in [6.07, 6.45) is 23.5. The van der Waals surface area contributed by atoms with Gasteiger partial charge >= 0.3 is 5.97 Å². The molecule has 1 atom stereocenters. The molecule has 0 aliphatic heterocycles. The summed E-state index contributed by atoms with van der Waals surface area (Å²) in [5.41, 5.74) is 0. The lowest BCUT2D eigenvalue weighted by Gasteiger charge is -1.98.